The lowest BCUT2D eigenvalue weighted by Gasteiger charge is -2.21. The Labute approximate surface area is 177 Å². The van der Waals surface area contributed by atoms with E-state index in [-0.39, 0.29) is 17.6 Å². The quantitative estimate of drug-likeness (QED) is 0.623. The Morgan fingerprint density at radius 3 is 2.45 bits per heavy atom. The smallest absolute Gasteiger partial charge is 0.353 e. The van der Waals surface area contributed by atoms with Gasteiger partial charge in [0.15, 0.2) is 0 Å². The van der Waals surface area contributed by atoms with Crippen molar-refractivity contribution in [3.8, 4) is 0 Å². The molecule has 1 atom stereocenters. The molecule has 6 nitrogen and oxygen atoms in total. The number of aromatic nitrogens is 2. The van der Waals surface area contributed by atoms with Crippen LogP contribution in [-0.2, 0) is 17.5 Å². The molecule has 1 N–H and O–H groups in total. The summed E-state index contributed by atoms with van der Waals surface area (Å²) in [6.45, 7) is 2.91. The molecular formula is C22H23F3N4O2. The highest BCUT2D eigenvalue weighted by atomic mass is 19.4. The lowest BCUT2D eigenvalue weighted by Crippen LogP contribution is -2.41. The van der Waals surface area contributed by atoms with Gasteiger partial charge in [0.25, 0.3) is 5.56 Å². The fraction of sp³-hybridized carbons (Fsp3) is 0.318. The van der Waals surface area contributed by atoms with E-state index in [1.54, 1.807) is 6.07 Å². The molecule has 1 amide bonds. The molecule has 0 saturated heterocycles. The van der Waals surface area contributed by atoms with Crippen LogP contribution < -0.4 is 10.9 Å². The number of carbonyl (C=O) groups excluding carboxylic acids is 1. The number of carbonyl (C=O) groups is 1. The number of hydrogen-bond acceptors (Lipinski definition) is 4. The Morgan fingerprint density at radius 2 is 1.77 bits per heavy atom. The van der Waals surface area contributed by atoms with E-state index >= 15 is 0 Å². The van der Waals surface area contributed by atoms with E-state index in [2.05, 4.69) is 10.3 Å². The molecule has 2 aromatic carbocycles. The summed E-state index contributed by atoms with van der Waals surface area (Å²) >= 11 is 0. The average molecular weight is 432 g/mol. The van der Waals surface area contributed by atoms with Gasteiger partial charge in [0, 0.05) is 19.6 Å². The number of para-hydroxylation sites is 2. The highest BCUT2D eigenvalue weighted by molar-refractivity contribution is 5.83. The maximum atomic E-state index is 13.3. The van der Waals surface area contributed by atoms with Crippen LogP contribution in [0.5, 0.6) is 0 Å². The molecule has 1 aromatic heterocycles. The summed E-state index contributed by atoms with van der Waals surface area (Å²) in [6, 6.07) is 14.6. The van der Waals surface area contributed by atoms with Gasteiger partial charge < -0.3 is 10.2 Å². The van der Waals surface area contributed by atoms with E-state index in [0.717, 1.165) is 10.1 Å². The third kappa shape index (κ3) is 5.29. The number of fused-ring (bicyclic) bond motifs is 1. The molecule has 9 heteroatoms. The Kier molecular flexibility index (Phi) is 6.74. The first-order valence-corrected chi connectivity index (χ1v) is 9.77. The van der Waals surface area contributed by atoms with Crippen molar-refractivity contribution in [3.05, 3.63) is 76.2 Å². The van der Waals surface area contributed by atoms with E-state index in [1.165, 1.54) is 25.1 Å². The zero-order valence-corrected chi connectivity index (χ0v) is 17.2. The maximum absolute atomic E-state index is 13.3. The monoisotopic (exact) mass is 432 g/mol. The molecule has 0 aliphatic heterocycles. The van der Waals surface area contributed by atoms with Crippen molar-refractivity contribution < 1.29 is 18.0 Å². The molecule has 0 unspecified atom stereocenters. The van der Waals surface area contributed by atoms with Crippen molar-refractivity contribution in [2.75, 3.05) is 20.1 Å². The van der Waals surface area contributed by atoms with Crippen LogP contribution in [0.25, 0.3) is 11.0 Å². The van der Waals surface area contributed by atoms with Crippen LogP contribution in [0.15, 0.2) is 59.4 Å². The van der Waals surface area contributed by atoms with Crippen molar-refractivity contribution in [1.82, 2.24) is 19.8 Å². The zero-order chi connectivity index (χ0) is 22.6. The first-order chi connectivity index (χ1) is 14.7. The largest absolute Gasteiger partial charge is 0.438 e. The molecule has 1 heterocycles. The summed E-state index contributed by atoms with van der Waals surface area (Å²) in [5.74, 6) is -0.542. The molecule has 0 aliphatic carbocycles. The van der Waals surface area contributed by atoms with Crippen LogP contribution in [0.1, 0.15) is 24.2 Å². The lowest BCUT2D eigenvalue weighted by molar-refractivity contribution is -0.142. The van der Waals surface area contributed by atoms with Gasteiger partial charge >= 0.3 is 6.18 Å². The first-order valence-electron chi connectivity index (χ1n) is 9.77. The number of amides is 1. The molecule has 0 radical (unpaired) electrons. The number of nitrogens with zero attached hydrogens (tertiary/aromatic N) is 3. The number of alkyl halides is 3. The Balaban J connectivity index is 1.74. The minimum absolute atomic E-state index is 0.00308. The van der Waals surface area contributed by atoms with Crippen LogP contribution in [-0.4, -0.2) is 40.5 Å². The van der Waals surface area contributed by atoms with E-state index in [1.807, 2.05) is 42.3 Å². The van der Waals surface area contributed by atoms with Crippen LogP contribution in [0.3, 0.4) is 0 Å². The van der Waals surface area contributed by atoms with Crippen LogP contribution >= 0.6 is 0 Å². The molecule has 3 aromatic rings. The Morgan fingerprint density at radius 1 is 1.13 bits per heavy atom. The third-order valence-electron chi connectivity index (χ3n) is 4.92. The highest BCUT2D eigenvalue weighted by Crippen LogP contribution is 2.27. The highest BCUT2D eigenvalue weighted by Gasteiger charge is 2.38. The standard InChI is InChI=1S/C22H23F3N4O2/c1-15(20(30)26-12-13-28(2)14-16-8-4-3-5-9-16)29-18-11-7-6-10-17(18)27-19(21(29)31)22(23,24)25/h3-11,15H,12-14H2,1-2H3,(H,26,30)/t15-/m0/s1. The van der Waals surface area contributed by atoms with Crippen molar-refractivity contribution in [2.24, 2.45) is 0 Å². The number of benzene rings is 2. The minimum atomic E-state index is -4.92. The van der Waals surface area contributed by atoms with Gasteiger partial charge in [0.2, 0.25) is 11.6 Å². The second-order valence-corrected chi connectivity index (χ2v) is 7.31. The molecule has 164 valence electrons. The summed E-state index contributed by atoms with van der Waals surface area (Å²) in [5, 5.41) is 2.71. The summed E-state index contributed by atoms with van der Waals surface area (Å²) in [7, 11) is 1.90. The molecule has 0 saturated carbocycles. The van der Waals surface area contributed by atoms with E-state index < -0.39 is 29.4 Å². The second kappa shape index (κ2) is 9.30. The number of likely N-dealkylation sites (N-methyl/N-ethyl adjacent to an activating group) is 1. The fourth-order valence-corrected chi connectivity index (χ4v) is 3.33. The summed E-state index contributed by atoms with van der Waals surface area (Å²) in [6.07, 6.45) is -4.92. The summed E-state index contributed by atoms with van der Waals surface area (Å²) in [4.78, 5) is 30.7. The van der Waals surface area contributed by atoms with Crippen LogP contribution in [0.2, 0.25) is 0 Å². The van der Waals surface area contributed by atoms with Gasteiger partial charge in [-0.25, -0.2) is 4.98 Å². The van der Waals surface area contributed by atoms with Gasteiger partial charge in [-0.1, -0.05) is 42.5 Å². The number of nitrogens with one attached hydrogen (secondary N) is 1. The van der Waals surface area contributed by atoms with E-state index in [9.17, 15) is 22.8 Å². The van der Waals surface area contributed by atoms with Gasteiger partial charge in [-0.05, 0) is 31.7 Å². The van der Waals surface area contributed by atoms with Crippen molar-refractivity contribution >= 4 is 16.9 Å². The van der Waals surface area contributed by atoms with E-state index in [0.29, 0.717) is 13.1 Å². The van der Waals surface area contributed by atoms with E-state index in [4.69, 9.17) is 0 Å². The number of halogens is 3. The predicted molar refractivity (Wildman–Crippen MR) is 112 cm³/mol. The lowest BCUT2D eigenvalue weighted by atomic mass is 10.2. The molecule has 0 spiro atoms. The van der Waals surface area contributed by atoms with Gasteiger partial charge in [-0.2, -0.15) is 13.2 Å². The number of hydrogen-bond donors (Lipinski definition) is 1. The minimum Gasteiger partial charge on any atom is -0.353 e. The molecule has 3 rings (SSSR count). The Hall–Kier alpha value is -3.20. The van der Waals surface area contributed by atoms with Gasteiger partial charge in [0.05, 0.1) is 11.0 Å². The molecule has 0 bridgehead atoms. The van der Waals surface area contributed by atoms with Gasteiger partial charge in [0.1, 0.15) is 6.04 Å². The van der Waals surface area contributed by atoms with Crippen LogP contribution in [0, 0.1) is 0 Å². The van der Waals surface area contributed by atoms with Crippen molar-refractivity contribution in [1.29, 1.82) is 0 Å². The Bertz CT molecular complexity index is 1110. The van der Waals surface area contributed by atoms with Gasteiger partial charge in [-0.15, -0.1) is 0 Å². The second-order valence-electron chi connectivity index (χ2n) is 7.31. The molecule has 0 fully saturated rings. The van der Waals surface area contributed by atoms with Crippen LogP contribution in [0.4, 0.5) is 13.2 Å². The number of rotatable bonds is 7. The normalized spacial score (nSPS) is 12.8. The summed E-state index contributed by atoms with van der Waals surface area (Å²) in [5.41, 5.74) is -1.58. The molecule has 0 aliphatic rings. The third-order valence-corrected chi connectivity index (χ3v) is 4.92. The van der Waals surface area contributed by atoms with Gasteiger partial charge in [-0.3, -0.25) is 14.2 Å². The van der Waals surface area contributed by atoms with Crippen molar-refractivity contribution in [2.45, 2.75) is 25.7 Å². The molecule has 31 heavy (non-hydrogen) atoms. The zero-order valence-electron chi connectivity index (χ0n) is 17.2. The summed E-state index contributed by atoms with van der Waals surface area (Å²) < 4.78 is 40.8. The van der Waals surface area contributed by atoms with Crippen molar-refractivity contribution in [3.63, 3.8) is 0 Å². The molecular weight excluding hydrogens is 409 g/mol. The maximum Gasteiger partial charge on any atom is 0.438 e. The topological polar surface area (TPSA) is 67.2 Å². The predicted octanol–water partition coefficient (Wildman–Crippen LogP) is 3.22. The fourth-order valence-electron chi connectivity index (χ4n) is 3.33. The average Bonchev–Trinajstić information content (AvgIpc) is 2.72. The SMILES string of the molecule is C[C@@H](C(=O)NCCN(C)Cc1ccccc1)n1c(=O)c(C(F)(F)F)nc2ccccc21. The first kappa shape index (κ1) is 22.5.